The highest BCUT2D eigenvalue weighted by atomic mass is 16.5. The van der Waals surface area contributed by atoms with Crippen molar-refractivity contribution in [1.82, 2.24) is 4.98 Å². The van der Waals surface area contributed by atoms with Crippen molar-refractivity contribution in [2.45, 2.75) is 33.1 Å². The number of esters is 1. The quantitative estimate of drug-likeness (QED) is 0.531. The molecule has 0 fully saturated rings. The van der Waals surface area contributed by atoms with Gasteiger partial charge < -0.3 is 15.4 Å². The number of aromatic nitrogens is 1. The summed E-state index contributed by atoms with van der Waals surface area (Å²) in [6.45, 7) is 6.00. The monoisotopic (exact) mass is 265 g/mol. The first-order valence-corrected chi connectivity index (χ1v) is 6.86. The molecule has 0 aliphatic heterocycles. The van der Waals surface area contributed by atoms with E-state index in [4.69, 9.17) is 4.74 Å². The van der Waals surface area contributed by atoms with Gasteiger partial charge in [0.1, 0.15) is 11.6 Å². The topological polar surface area (TPSA) is 63.2 Å². The normalized spacial score (nSPS) is 10.0. The molecule has 0 saturated carbocycles. The van der Waals surface area contributed by atoms with E-state index in [1.807, 2.05) is 25.1 Å². The van der Waals surface area contributed by atoms with Crippen LogP contribution < -0.4 is 10.6 Å². The van der Waals surface area contributed by atoms with Gasteiger partial charge in [-0.1, -0.05) is 13.0 Å². The van der Waals surface area contributed by atoms with Gasteiger partial charge in [0.15, 0.2) is 0 Å². The minimum absolute atomic E-state index is 0.143. The first-order valence-electron chi connectivity index (χ1n) is 6.86. The number of ether oxygens (including phenoxy) is 1. The van der Waals surface area contributed by atoms with Gasteiger partial charge in [-0.25, -0.2) is 4.98 Å². The molecule has 1 aromatic rings. The molecule has 1 rings (SSSR count). The highest BCUT2D eigenvalue weighted by Gasteiger charge is 2.01. The third kappa shape index (κ3) is 6.64. The summed E-state index contributed by atoms with van der Waals surface area (Å²) in [6, 6.07) is 5.82. The summed E-state index contributed by atoms with van der Waals surface area (Å²) in [7, 11) is 0. The van der Waals surface area contributed by atoms with Gasteiger partial charge in [-0.3, -0.25) is 4.79 Å². The largest absolute Gasteiger partial charge is 0.466 e. The summed E-state index contributed by atoms with van der Waals surface area (Å²) >= 11 is 0. The standard InChI is InChI=1S/C14H23N3O2/c1-3-10-15-12-7-5-8-13(17-12)16-11-6-9-14(18)19-4-2/h5,7-8H,3-4,6,9-11H2,1-2H3,(H2,15,16,17). The smallest absolute Gasteiger partial charge is 0.305 e. The van der Waals surface area contributed by atoms with Crippen molar-refractivity contribution in [3.05, 3.63) is 18.2 Å². The highest BCUT2D eigenvalue weighted by Crippen LogP contribution is 2.09. The molecule has 19 heavy (non-hydrogen) atoms. The minimum atomic E-state index is -0.143. The van der Waals surface area contributed by atoms with Gasteiger partial charge in [0.25, 0.3) is 0 Å². The number of rotatable bonds is 9. The van der Waals surface area contributed by atoms with Crippen molar-refractivity contribution in [3.63, 3.8) is 0 Å². The Kier molecular flexibility index (Phi) is 7.39. The molecule has 5 nitrogen and oxygen atoms in total. The maximum atomic E-state index is 11.2. The van der Waals surface area contributed by atoms with Crippen molar-refractivity contribution < 1.29 is 9.53 Å². The lowest BCUT2D eigenvalue weighted by Gasteiger charge is -2.08. The average molecular weight is 265 g/mol. The molecule has 2 N–H and O–H groups in total. The third-order valence-corrected chi connectivity index (χ3v) is 2.47. The Bertz CT molecular complexity index is 383. The van der Waals surface area contributed by atoms with E-state index in [0.29, 0.717) is 19.6 Å². The number of nitrogens with zero attached hydrogens (tertiary/aromatic N) is 1. The number of hydrogen-bond donors (Lipinski definition) is 2. The third-order valence-electron chi connectivity index (χ3n) is 2.47. The lowest BCUT2D eigenvalue weighted by Crippen LogP contribution is -2.09. The van der Waals surface area contributed by atoms with Crippen LogP contribution in [0, 0.1) is 0 Å². The molecule has 0 bridgehead atoms. The molecule has 0 saturated heterocycles. The van der Waals surface area contributed by atoms with Gasteiger partial charge in [-0.15, -0.1) is 0 Å². The van der Waals surface area contributed by atoms with Gasteiger partial charge in [0, 0.05) is 19.5 Å². The van der Waals surface area contributed by atoms with Crippen LogP contribution >= 0.6 is 0 Å². The fourth-order valence-corrected chi connectivity index (χ4v) is 1.57. The van der Waals surface area contributed by atoms with Gasteiger partial charge in [-0.05, 0) is 31.9 Å². The lowest BCUT2D eigenvalue weighted by molar-refractivity contribution is -0.143. The summed E-state index contributed by atoms with van der Waals surface area (Å²) in [6.07, 6.45) is 2.25. The van der Waals surface area contributed by atoms with Gasteiger partial charge >= 0.3 is 5.97 Å². The van der Waals surface area contributed by atoms with Crippen LogP contribution in [0.3, 0.4) is 0 Å². The molecule has 5 heteroatoms. The molecular formula is C14H23N3O2. The molecule has 0 spiro atoms. The van der Waals surface area contributed by atoms with Crippen LogP contribution in [0.25, 0.3) is 0 Å². The van der Waals surface area contributed by atoms with Crippen LogP contribution in [-0.4, -0.2) is 30.6 Å². The van der Waals surface area contributed by atoms with Crippen molar-refractivity contribution in [2.24, 2.45) is 0 Å². The number of hydrogen-bond acceptors (Lipinski definition) is 5. The van der Waals surface area contributed by atoms with Crippen LogP contribution in [0.15, 0.2) is 18.2 Å². The van der Waals surface area contributed by atoms with E-state index in [1.165, 1.54) is 0 Å². The Balaban J connectivity index is 2.27. The molecule has 0 radical (unpaired) electrons. The van der Waals surface area contributed by atoms with E-state index in [-0.39, 0.29) is 5.97 Å². The maximum absolute atomic E-state index is 11.2. The summed E-state index contributed by atoms with van der Waals surface area (Å²) in [5.41, 5.74) is 0. The van der Waals surface area contributed by atoms with E-state index < -0.39 is 0 Å². The van der Waals surface area contributed by atoms with Crippen LogP contribution in [0.4, 0.5) is 11.6 Å². The number of carbonyl (C=O) groups is 1. The minimum Gasteiger partial charge on any atom is -0.466 e. The molecule has 106 valence electrons. The molecule has 0 unspecified atom stereocenters. The van der Waals surface area contributed by atoms with Crippen LogP contribution in [0.2, 0.25) is 0 Å². The second-order valence-electron chi connectivity index (χ2n) is 4.17. The van der Waals surface area contributed by atoms with Crippen molar-refractivity contribution >= 4 is 17.6 Å². The van der Waals surface area contributed by atoms with Crippen LogP contribution in [-0.2, 0) is 9.53 Å². The van der Waals surface area contributed by atoms with E-state index in [9.17, 15) is 4.79 Å². The second kappa shape index (κ2) is 9.19. The Hall–Kier alpha value is -1.78. The Labute approximate surface area is 114 Å². The predicted octanol–water partition coefficient (Wildman–Crippen LogP) is 2.66. The molecule has 0 aliphatic rings. The summed E-state index contributed by atoms with van der Waals surface area (Å²) in [4.78, 5) is 15.6. The molecule has 0 aliphatic carbocycles. The number of nitrogens with one attached hydrogen (secondary N) is 2. The van der Waals surface area contributed by atoms with Gasteiger partial charge in [0.2, 0.25) is 0 Å². The number of carbonyl (C=O) groups excluding carboxylic acids is 1. The van der Waals surface area contributed by atoms with Gasteiger partial charge in [-0.2, -0.15) is 0 Å². The van der Waals surface area contributed by atoms with Crippen molar-refractivity contribution in [3.8, 4) is 0 Å². The highest BCUT2D eigenvalue weighted by molar-refractivity contribution is 5.69. The zero-order chi connectivity index (χ0) is 13.9. The fourth-order valence-electron chi connectivity index (χ4n) is 1.57. The summed E-state index contributed by atoms with van der Waals surface area (Å²) < 4.78 is 4.87. The summed E-state index contributed by atoms with van der Waals surface area (Å²) in [5, 5.41) is 6.43. The zero-order valence-electron chi connectivity index (χ0n) is 11.7. The zero-order valence-corrected chi connectivity index (χ0v) is 11.7. The molecule has 1 heterocycles. The molecule has 1 aromatic heterocycles. The SMILES string of the molecule is CCCNc1cccc(NCCCC(=O)OCC)n1. The Morgan fingerprint density at radius 1 is 1.21 bits per heavy atom. The Morgan fingerprint density at radius 3 is 2.53 bits per heavy atom. The summed E-state index contributed by atoms with van der Waals surface area (Å²) in [5.74, 6) is 1.55. The Morgan fingerprint density at radius 2 is 1.89 bits per heavy atom. The van der Waals surface area contributed by atoms with E-state index in [1.54, 1.807) is 0 Å². The maximum Gasteiger partial charge on any atom is 0.305 e. The molecule has 0 amide bonds. The van der Waals surface area contributed by atoms with E-state index in [0.717, 1.165) is 31.0 Å². The van der Waals surface area contributed by atoms with Crippen molar-refractivity contribution in [2.75, 3.05) is 30.3 Å². The van der Waals surface area contributed by atoms with E-state index >= 15 is 0 Å². The molecule has 0 aromatic carbocycles. The van der Waals surface area contributed by atoms with Gasteiger partial charge in [0.05, 0.1) is 6.61 Å². The fraction of sp³-hybridized carbons (Fsp3) is 0.571. The average Bonchev–Trinajstić information content (AvgIpc) is 2.42. The number of anilines is 2. The molecular weight excluding hydrogens is 242 g/mol. The first kappa shape index (κ1) is 15.3. The van der Waals surface area contributed by atoms with Crippen molar-refractivity contribution in [1.29, 1.82) is 0 Å². The molecule has 0 atom stereocenters. The predicted molar refractivity (Wildman–Crippen MR) is 77.4 cm³/mol. The van der Waals surface area contributed by atoms with E-state index in [2.05, 4.69) is 22.5 Å². The van der Waals surface area contributed by atoms with Crippen LogP contribution in [0.5, 0.6) is 0 Å². The lowest BCUT2D eigenvalue weighted by atomic mass is 10.3. The van der Waals surface area contributed by atoms with Crippen LogP contribution in [0.1, 0.15) is 33.1 Å². The number of pyridine rings is 1. The second-order valence-corrected chi connectivity index (χ2v) is 4.17. The first-order chi connectivity index (χ1) is 9.26.